The van der Waals surface area contributed by atoms with E-state index < -0.39 is 0 Å². The fourth-order valence-corrected chi connectivity index (χ4v) is 3.41. The molecule has 1 unspecified atom stereocenters. The fourth-order valence-electron chi connectivity index (χ4n) is 3.41. The van der Waals surface area contributed by atoms with Crippen LogP contribution < -0.4 is 10.2 Å². The van der Waals surface area contributed by atoms with E-state index in [1.807, 2.05) is 7.05 Å². The van der Waals surface area contributed by atoms with Crippen LogP contribution in [-0.4, -0.2) is 24.6 Å². The SMILES string of the molecule is CCC(NC)c1ccc(N(CC(C)C)C2CCCC2)cn1. The summed E-state index contributed by atoms with van der Waals surface area (Å²) >= 11 is 0. The normalized spacial score (nSPS) is 17.4. The van der Waals surface area contributed by atoms with Crippen molar-refractivity contribution < 1.29 is 0 Å². The van der Waals surface area contributed by atoms with Gasteiger partial charge in [0, 0.05) is 18.6 Å². The Kier molecular flexibility index (Phi) is 6.04. The van der Waals surface area contributed by atoms with Crippen molar-refractivity contribution in [2.24, 2.45) is 5.92 Å². The Morgan fingerprint density at radius 1 is 1.29 bits per heavy atom. The van der Waals surface area contributed by atoms with Gasteiger partial charge in [0.15, 0.2) is 0 Å². The number of rotatable bonds is 7. The van der Waals surface area contributed by atoms with Crippen LogP contribution in [0.1, 0.15) is 64.6 Å². The lowest BCUT2D eigenvalue weighted by Gasteiger charge is -2.32. The molecular weight excluding hydrogens is 258 g/mol. The lowest BCUT2D eigenvalue weighted by molar-refractivity contribution is 0.533. The number of aromatic nitrogens is 1. The summed E-state index contributed by atoms with van der Waals surface area (Å²) in [6.07, 6.45) is 8.58. The van der Waals surface area contributed by atoms with Gasteiger partial charge in [-0.2, -0.15) is 0 Å². The standard InChI is InChI=1S/C18H31N3/c1-5-17(19-4)18-11-10-16(12-20-18)21(13-14(2)3)15-8-6-7-9-15/h10-12,14-15,17,19H,5-9,13H2,1-4H3. The molecule has 0 spiro atoms. The Labute approximate surface area is 130 Å². The number of nitrogens with zero attached hydrogens (tertiary/aromatic N) is 2. The average molecular weight is 289 g/mol. The van der Waals surface area contributed by atoms with Gasteiger partial charge in [0.1, 0.15) is 0 Å². The minimum absolute atomic E-state index is 0.365. The summed E-state index contributed by atoms with van der Waals surface area (Å²) in [5.41, 5.74) is 2.45. The number of nitrogens with one attached hydrogen (secondary N) is 1. The van der Waals surface area contributed by atoms with Gasteiger partial charge in [0.05, 0.1) is 17.6 Å². The second-order valence-electron chi connectivity index (χ2n) is 6.68. The first-order valence-electron chi connectivity index (χ1n) is 8.55. The van der Waals surface area contributed by atoms with Gasteiger partial charge in [-0.1, -0.05) is 33.6 Å². The number of hydrogen-bond acceptors (Lipinski definition) is 3. The van der Waals surface area contributed by atoms with Crippen molar-refractivity contribution in [2.75, 3.05) is 18.5 Å². The molecule has 0 aliphatic heterocycles. The summed E-state index contributed by atoms with van der Waals surface area (Å²) in [6, 6.07) is 5.54. The monoisotopic (exact) mass is 289 g/mol. The van der Waals surface area contributed by atoms with Gasteiger partial charge in [-0.05, 0) is 44.4 Å². The molecule has 21 heavy (non-hydrogen) atoms. The van der Waals surface area contributed by atoms with Crippen molar-refractivity contribution in [3.8, 4) is 0 Å². The highest BCUT2D eigenvalue weighted by Crippen LogP contribution is 2.29. The molecule has 1 N–H and O–H groups in total. The van der Waals surface area contributed by atoms with Crippen molar-refractivity contribution in [2.45, 2.75) is 65.0 Å². The van der Waals surface area contributed by atoms with E-state index in [0.717, 1.165) is 18.7 Å². The van der Waals surface area contributed by atoms with Crippen LogP contribution in [0.2, 0.25) is 0 Å². The van der Waals surface area contributed by atoms with E-state index in [0.29, 0.717) is 18.0 Å². The van der Waals surface area contributed by atoms with Crippen molar-refractivity contribution >= 4 is 5.69 Å². The molecule has 1 saturated carbocycles. The zero-order chi connectivity index (χ0) is 15.2. The lowest BCUT2D eigenvalue weighted by atomic mass is 10.1. The van der Waals surface area contributed by atoms with Gasteiger partial charge in [-0.25, -0.2) is 0 Å². The van der Waals surface area contributed by atoms with E-state index in [1.165, 1.54) is 31.4 Å². The molecule has 0 bridgehead atoms. The maximum Gasteiger partial charge on any atom is 0.0574 e. The molecule has 3 nitrogen and oxygen atoms in total. The third kappa shape index (κ3) is 4.19. The molecule has 0 amide bonds. The zero-order valence-corrected chi connectivity index (χ0v) is 14.1. The van der Waals surface area contributed by atoms with Gasteiger partial charge in [-0.15, -0.1) is 0 Å². The second-order valence-corrected chi connectivity index (χ2v) is 6.68. The van der Waals surface area contributed by atoms with E-state index in [4.69, 9.17) is 4.98 Å². The van der Waals surface area contributed by atoms with E-state index in [2.05, 4.69) is 49.3 Å². The number of hydrogen-bond donors (Lipinski definition) is 1. The number of anilines is 1. The van der Waals surface area contributed by atoms with Crippen LogP contribution >= 0.6 is 0 Å². The summed E-state index contributed by atoms with van der Waals surface area (Å²) in [5, 5.41) is 3.33. The summed E-state index contributed by atoms with van der Waals surface area (Å²) in [6.45, 7) is 7.94. The maximum absolute atomic E-state index is 4.72. The maximum atomic E-state index is 4.72. The summed E-state index contributed by atoms with van der Waals surface area (Å²) in [7, 11) is 2.01. The van der Waals surface area contributed by atoms with Crippen molar-refractivity contribution in [3.63, 3.8) is 0 Å². The second kappa shape index (κ2) is 7.79. The van der Waals surface area contributed by atoms with Crippen LogP contribution in [0, 0.1) is 5.92 Å². The smallest absolute Gasteiger partial charge is 0.0574 e. The van der Waals surface area contributed by atoms with E-state index in [9.17, 15) is 0 Å². The Balaban J connectivity index is 2.15. The van der Waals surface area contributed by atoms with Crippen LogP contribution in [0.5, 0.6) is 0 Å². The molecule has 1 heterocycles. The minimum atomic E-state index is 0.365. The first kappa shape index (κ1) is 16.3. The highest BCUT2D eigenvalue weighted by atomic mass is 15.2. The molecule has 0 aromatic carbocycles. The van der Waals surface area contributed by atoms with Crippen LogP contribution in [-0.2, 0) is 0 Å². The molecule has 1 aliphatic rings. The van der Waals surface area contributed by atoms with E-state index in [-0.39, 0.29) is 0 Å². The molecule has 0 saturated heterocycles. The van der Waals surface area contributed by atoms with Gasteiger partial charge in [0.2, 0.25) is 0 Å². The molecule has 1 fully saturated rings. The van der Waals surface area contributed by atoms with E-state index >= 15 is 0 Å². The largest absolute Gasteiger partial charge is 0.367 e. The molecule has 1 aromatic rings. The summed E-state index contributed by atoms with van der Waals surface area (Å²) in [5.74, 6) is 0.686. The third-order valence-electron chi connectivity index (χ3n) is 4.54. The molecule has 1 atom stereocenters. The topological polar surface area (TPSA) is 28.2 Å². The Morgan fingerprint density at radius 2 is 2.00 bits per heavy atom. The first-order valence-corrected chi connectivity index (χ1v) is 8.55. The Morgan fingerprint density at radius 3 is 2.48 bits per heavy atom. The number of pyridine rings is 1. The molecule has 118 valence electrons. The van der Waals surface area contributed by atoms with Crippen LogP contribution in [0.3, 0.4) is 0 Å². The van der Waals surface area contributed by atoms with Gasteiger partial charge < -0.3 is 10.2 Å². The van der Waals surface area contributed by atoms with Gasteiger partial charge in [-0.3, -0.25) is 4.98 Å². The van der Waals surface area contributed by atoms with Crippen molar-refractivity contribution in [3.05, 3.63) is 24.0 Å². The van der Waals surface area contributed by atoms with Gasteiger partial charge in [0.25, 0.3) is 0 Å². The molecular formula is C18H31N3. The average Bonchev–Trinajstić information content (AvgIpc) is 3.01. The molecule has 1 aliphatic carbocycles. The zero-order valence-electron chi connectivity index (χ0n) is 14.1. The van der Waals surface area contributed by atoms with Crippen LogP contribution in [0.25, 0.3) is 0 Å². The van der Waals surface area contributed by atoms with Crippen LogP contribution in [0.4, 0.5) is 5.69 Å². The van der Waals surface area contributed by atoms with Crippen molar-refractivity contribution in [1.82, 2.24) is 10.3 Å². The van der Waals surface area contributed by atoms with Gasteiger partial charge >= 0.3 is 0 Å². The summed E-state index contributed by atoms with van der Waals surface area (Å²) in [4.78, 5) is 7.31. The fraction of sp³-hybridized carbons (Fsp3) is 0.722. The molecule has 3 heteroatoms. The van der Waals surface area contributed by atoms with E-state index in [1.54, 1.807) is 0 Å². The highest BCUT2D eigenvalue weighted by molar-refractivity contribution is 5.46. The van der Waals surface area contributed by atoms with Crippen molar-refractivity contribution in [1.29, 1.82) is 0 Å². The first-order chi connectivity index (χ1) is 10.2. The molecule has 0 radical (unpaired) electrons. The third-order valence-corrected chi connectivity index (χ3v) is 4.54. The molecule has 2 rings (SSSR count). The lowest BCUT2D eigenvalue weighted by Crippen LogP contribution is -2.36. The highest BCUT2D eigenvalue weighted by Gasteiger charge is 2.23. The Hall–Kier alpha value is -1.09. The predicted molar refractivity (Wildman–Crippen MR) is 90.8 cm³/mol. The molecule has 1 aromatic heterocycles. The Bertz CT molecular complexity index is 403. The predicted octanol–water partition coefficient (Wildman–Crippen LogP) is 4.16. The minimum Gasteiger partial charge on any atom is -0.367 e. The van der Waals surface area contributed by atoms with Crippen LogP contribution in [0.15, 0.2) is 18.3 Å². The quantitative estimate of drug-likeness (QED) is 0.817. The summed E-state index contributed by atoms with van der Waals surface area (Å²) < 4.78 is 0.